The number of nitrogens with zero attached hydrogens (tertiary/aromatic N) is 1. The van der Waals surface area contributed by atoms with Crippen LogP contribution in [0.25, 0.3) is 0 Å². The van der Waals surface area contributed by atoms with Crippen molar-refractivity contribution in [2.24, 2.45) is 0 Å². The standard InChI is InChI=1S/C22H24N2O8/c1-22(2,3)32-19(25)13-18(23-21(27)30-14-15-7-5-4-6-8-15)20(26)31-17-11-9-16(10-12-17)24(28)29/h4-12,18H,13-14H2,1-3H3,(H,23,27)/t18-/m0/s1. The molecule has 0 radical (unpaired) electrons. The Bertz CT molecular complexity index is 952. The lowest BCUT2D eigenvalue weighted by Gasteiger charge is -2.22. The van der Waals surface area contributed by atoms with Crippen molar-refractivity contribution >= 4 is 23.7 Å². The average Bonchev–Trinajstić information content (AvgIpc) is 2.71. The van der Waals surface area contributed by atoms with Crippen molar-refractivity contribution in [1.82, 2.24) is 5.32 Å². The third-order valence-corrected chi connectivity index (χ3v) is 3.85. The number of hydrogen-bond donors (Lipinski definition) is 1. The minimum atomic E-state index is -1.40. The number of benzene rings is 2. The number of carbonyl (C=O) groups is 3. The van der Waals surface area contributed by atoms with Crippen LogP contribution in [-0.4, -0.2) is 34.6 Å². The molecule has 1 amide bonds. The van der Waals surface area contributed by atoms with Gasteiger partial charge in [-0.2, -0.15) is 0 Å². The van der Waals surface area contributed by atoms with Crippen molar-refractivity contribution in [1.29, 1.82) is 0 Å². The molecule has 1 atom stereocenters. The van der Waals surface area contributed by atoms with Gasteiger partial charge in [0.05, 0.1) is 11.3 Å². The number of alkyl carbamates (subject to hydrolysis) is 1. The minimum Gasteiger partial charge on any atom is -0.460 e. The number of nitro benzene ring substituents is 1. The number of amides is 1. The molecule has 0 heterocycles. The molecule has 32 heavy (non-hydrogen) atoms. The first kappa shape index (κ1) is 24.3. The smallest absolute Gasteiger partial charge is 0.408 e. The van der Waals surface area contributed by atoms with E-state index in [1.807, 2.05) is 6.07 Å². The second-order valence-corrected chi connectivity index (χ2v) is 7.72. The van der Waals surface area contributed by atoms with Gasteiger partial charge in [0.1, 0.15) is 24.0 Å². The molecule has 0 aromatic heterocycles. The molecule has 0 aliphatic rings. The normalized spacial score (nSPS) is 11.7. The molecule has 0 unspecified atom stereocenters. The largest absolute Gasteiger partial charge is 0.460 e. The first-order valence-corrected chi connectivity index (χ1v) is 9.69. The summed E-state index contributed by atoms with van der Waals surface area (Å²) in [5, 5.41) is 13.1. The summed E-state index contributed by atoms with van der Waals surface area (Å²) in [4.78, 5) is 47.2. The summed E-state index contributed by atoms with van der Waals surface area (Å²) in [6, 6.07) is 12.3. The number of non-ortho nitro benzene ring substituents is 1. The Morgan fingerprint density at radius 1 is 1.03 bits per heavy atom. The van der Waals surface area contributed by atoms with Gasteiger partial charge >= 0.3 is 18.0 Å². The summed E-state index contributed by atoms with van der Waals surface area (Å²) < 4.78 is 15.5. The van der Waals surface area contributed by atoms with Gasteiger partial charge in [0.15, 0.2) is 0 Å². The van der Waals surface area contributed by atoms with E-state index in [1.54, 1.807) is 45.0 Å². The van der Waals surface area contributed by atoms with E-state index in [4.69, 9.17) is 14.2 Å². The Balaban J connectivity index is 2.06. The first-order chi connectivity index (χ1) is 15.0. The van der Waals surface area contributed by atoms with Crippen LogP contribution in [0, 0.1) is 10.1 Å². The maximum Gasteiger partial charge on any atom is 0.408 e. The molecule has 0 fully saturated rings. The van der Waals surface area contributed by atoms with E-state index in [9.17, 15) is 24.5 Å². The van der Waals surface area contributed by atoms with Gasteiger partial charge in [-0.25, -0.2) is 9.59 Å². The molecule has 2 aromatic rings. The quantitative estimate of drug-likeness (QED) is 0.283. The molecule has 0 aliphatic carbocycles. The van der Waals surface area contributed by atoms with Crippen molar-refractivity contribution < 1.29 is 33.5 Å². The van der Waals surface area contributed by atoms with Crippen molar-refractivity contribution in [3.05, 3.63) is 70.3 Å². The van der Waals surface area contributed by atoms with Gasteiger partial charge in [0.2, 0.25) is 0 Å². The third-order valence-electron chi connectivity index (χ3n) is 3.85. The number of nitrogens with one attached hydrogen (secondary N) is 1. The zero-order chi connectivity index (χ0) is 23.7. The summed E-state index contributed by atoms with van der Waals surface area (Å²) in [7, 11) is 0. The third kappa shape index (κ3) is 8.42. The fourth-order valence-electron chi connectivity index (χ4n) is 2.47. The molecular formula is C22H24N2O8. The van der Waals surface area contributed by atoms with Crippen LogP contribution in [0.1, 0.15) is 32.8 Å². The zero-order valence-corrected chi connectivity index (χ0v) is 17.9. The maximum atomic E-state index is 12.6. The van der Waals surface area contributed by atoms with Crippen molar-refractivity contribution in [2.45, 2.75) is 45.4 Å². The lowest BCUT2D eigenvalue weighted by atomic mass is 10.1. The average molecular weight is 444 g/mol. The number of rotatable bonds is 8. The highest BCUT2D eigenvalue weighted by Gasteiger charge is 2.29. The topological polar surface area (TPSA) is 134 Å². The number of esters is 2. The molecule has 1 N–H and O–H groups in total. The highest BCUT2D eigenvalue weighted by Crippen LogP contribution is 2.18. The molecular weight excluding hydrogens is 420 g/mol. The molecule has 170 valence electrons. The SMILES string of the molecule is CC(C)(C)OC(=O)C[C@H](NC(=O)OCc1ccccc1)C(=O)Oc1ccc([N+](=O)[O-])cc1. The molecule has 2 rings (SSSR count). The van der Waals surface area contributed by atoms with Gasteiger partial charge in [-0.15, -0.1) is 0 Å². The van der Waals surface area contributed by atoms with Gasteiger partial charge in [0.25, 0.3) is 5.69 Å². The highest BCUT2D eigenvalue weighted by molar-refractivity contribution is 5.87. The van der Waals surface area contributed by atoms with E-state index in [-0.39, 0.29) is 18.0 Å². The van der Waals surface area contributed by atoms with E-state index in [0.29, 0.717) is 0 Å². The summed E-state index contributed by atoms with van der Waals surface area (Å²) >= 11 is 0. The summed E-state index contributed by atoms with van der Waals surface area (Å²) in [6.07, 6.45) is -1.42. The molecule has 10 heteroatoms. The zero-order valence-electron chi connectivity index (χ0n) is 17.9. The Morgan fingerprint density at radius 2 is 1.66 bits per heavy atom. The van der Waals surface area contributed by atoms with Crippen LogP contribution in [0.4, 0.5) is 10.5 Å². The number of carbonyl (C=O) groups excluding carboxylic acids is 3. The summed E-state index contributed by atoms with van der Waals surface area (Å²) in [5.74, 6) is -1.68. The minimum absolute atomic E-state index is 0.00856. The second-order valence-electron chi connectivity index (χ2n) is 7.72. The van der Waals surface area contributed by atoms with Crippen molar-refractivity contribution in [3.63, 3.8) is 0 Å². The monoisotopic (exact) mass is 444 g/mol. The molecule has 0 saturated carbocycles. The van der Waals surface area contributed by atoms with Crippen molar-refractivity contribution in [2.75, 3.05) is 0 Å². The van der Waals surface area contributed by atoms with E-state index >= 15 is 0 Å². The van der Waals surface area contributed by atoms with Gasteiger partial charge < -0.3 is 19.5 Å². The van der Waals surface area contributed by atoms with Gasteiger partial charge in [0, 0.05) is 12.1 Å². The molecule has 0 bridgehead atoms. The molecule has 10 nitrogen and oxygen atoms in total. The molecule has 0 aliphatic heterocycles. The summed E-state index contributed by atoms with van der Waals surface area (Å²) in [6.45, 7) is 4.95. The second kappa shape index (κ2) is 10.9. The summed E-state index contributed by atoms with van der Waals surface area (Å²) in [5.41, 5.74) is -0.241. The predicted molar refractivity (Wildman–Crippen MR) is 113 cm³/mol. The fourth-order valence-corrected chi connectivity index (χ4v) is 2.47. The van der Waals surface area contributed by atoms with Crippen LogP contribution in [0.2, 0.25) is 0 Å². The molecule has 2 aromatic carbocycles. The van der Waals surface area contributed by atoms with Crippen LogP contribution in [0.3, 0.4) is 0 Å². The first-order valence-electron chi connectivity index (χ1n) is 9.69. The van der Waals surface area contributed by atoms with Gasteiger partial charge in [-0.3, -0.25) is 14.9 Å². The van der Waals surface area contributed by atoms with Gasteiger partial charge in [-0.1, -0.05) is 30.3 Å². The van der Waals surface area contributed by atoms with E-state index in [0.717, 1.165) is 17.7 Å². The lowest BCUT2D eigenvalue weighted by Crippen LogP contribution is -2.45. The van der Waals surface area contributed by atoms with Crippen LogP contribution in [-0.2, 0) is 25.7 Å². The number of nitro groups is 1. The lowest BCUT2D eigenvalue weighted by molar-refractivity contribution is -0.384. The Labute approximate surface area is 184 Å². The number of hydrogen-bond acceptors (Lipinski definition) is 8. The highest BCUT2D eigenvalue weighted by atomic mass is 16.6. The van der Waals surface area contributed by atoms with Crippen LogP contribution < -0.4 is 10.1 Å². The van der Waals surface area contributed by atoms with Crippen LogP contribution >= 0.6 is 0 Å². The Hall–Kier alpha value is -3.95. The van der Waals surface area contributed by atoms with E-state index in [1.165, 1.54) is 12.1 Å². The van der Waals surface area contributed by atoms with E-state index in [2.05, 4.69) is 5.32 Å². The van der Waals surface area contributed by atoms with Crippen LogP contribution in [0.15, 0.2) is 54.6 Å². The predicted octanol–water partition coefficient (Wildman–Crippen LogP) is 3.53. The van der Waals surface area contributed by atoms with E-state index < -0.39 is 41.0 Å². The Morgan fingerprint density at radius 3 is 2.22 bits per heavy atom. The van der Waals surface area contributed by atoms with Crippen LogP contribution in [0.5, 0.6) is 5.75 Å². The van der Waals surface area contributed by atoms with Gasteiger partial charge in [-0.05, 0) is 38.5 Å². The molecule has 0 saturated heterocycles. The fraction of sp³-hybridized carbons (Fsp3) is 0.318. The maximum absolute atomic E-state index is 12.6. The number of ether oxygens (including phenoxy) is 3. The molecule has 0 spiro atoms. The Kier molecular flexibility index (Phi) is 8.28. The van der Waals surface area contributed by atoms with Crippen molar-refractivity contribution in [3.8, 4) is 5.75 Å².